The summed E-state index contributed by atoms with van der Waals surface area (Å²) < 4.78 is 36.3. The van der Waals surface area contributed by atoms with Gasteiger partial charge in [-0.3, -0.25) is 0 Å². The van der Waals surface area contributed by atoms with Crippen molar-refractivity contribution >= 4 is 10.0 Å². The summed E-state index contributed by atoms with van der Waals surface area (Å²) in [7, 11) is 0.422. The van der Waals surface area contributed by atoms with Gasteiger partial charge in [-0.15, -0.1) is 0 Å². The maximum atomic E-state index is 11.5. The second-order valence-corrected chi connectivity index (χ2v) is 4.43. The number of methoxy groups -OCH3 is 2. The molecule has 0 atom stereocenters. The van der Waals surface area contributed by atoms with Gasteiger partial charge >= 0.3 is 0 Å². The molecule has 0 heterocycles. The van der Waals surface area contributed by atoms with Gasteiger partial charge in [0.1, 0.15) is 21.5 Å². The molecule has 95 valence electrons. The van der Waals surface area contributed by atoms with Gasteiger partial charge < -0.3 is 21.6 Å². The van der Waals surface area contributed by atoms with E-state index in [1.54, 1.807) is 6.07 Å². The van der Waals surface area contributed by atoms with Gasteiger partial charge in [0, 0.05) is 38.8 Å². The van der Waals surface area contributed by atoms with Crippen molar-refractivity contribution in [2.45, 2.75) is 4.90 Å². The Bertz CT molecular complexity index is 448. The number of hydrogen-bond acceptors (Lipinski definition) is 4. The van der Waals surface area contributed by atoms with Gasteiger partial charge in [0.05, 0.1) is 19.1 Å². The zero-order valence-electron chi connectivity index (χ0n) is 10.3. The van der Waals surface area contributed by atoms with E-state index < -0.39 is 10.0 Å². The Kier molecular flexibility index (Phi) is 9.06. The van der Waals surface area contributed by atoms with Gasteiger partial charge in [0.25, 0.3) is 0 Å². The molecule has 0 aromatic heterocycles. The number of ether oxygens (including phenoxy) is 2. The van der Waals surface area contributed by atoms with E-state index in [2.05, 4.69) is 4.72 Å². The van der Waals surface area contributed by atoms with E-state index in [9.17, 15) is 8.42 Å². The maximum absolute atomic E-state index is 11.5. The SMILES string of the molecule is C[N-]S(=O)(=O)c1cc(OC)ccc1OC.[CH3-].[Y]. The zero-order valence-corrected chi connectivity index (χ0v) is 14.0. The normalized spacial score (nSPS) is 9.82. The van der Waals surface area contributed by atoms with Crippen LogP contribution in [0, 0.1) is 7.43 Å². The molecule has 1 aromatic carbocycles. The monoisotopic (exact) mass is 334 g/mol. The van der Waals surface area contributed by atoms with Crippen LogP contribution >= 0.6 is 0 Å². The van der Waals surface area contributed by atoms with Gasteiger partial charge in [-0.1, -0.05) is 0 Å². The first-order valence-electron chi connectivity index (χ1n) is 4.13. The molecular weight excluding hydrogens is 319 g/mol. The fourth-order valence-corrected chi connectivity index (χ4v) is 1.95. The van der Waals surface area contributed by atoms with Crippen molar-refractivity contribution in [1.82, 2.24) is 0 Å². The summed E-state index contributed by atoms with van der Waals surface area (Å²) in [6.07, 6.45) is 0. The van der Waals surface area contributed by atoms with E-state index in [1.165, 1.54) is 33.4 Å². The molecule has 0 unspecified atom stereocenters. The number of nitrogens with zero attached hydrogens (tertiary/aromatic N) is 1. The van der Waals surface area contributed by atoms with Crippen LogP contribution in [-0.2, 0) is 42.7 Å². The first-order valence-corrected chi connectivity index (χ1v) is 5.57. The number of sulfonamides is 1. The summed E-state index contributed by atoms with van der Waals surface area (Å²) in [4.78, 5) is 0.00634. The summed E-state index contributed by atoms with van der Waals surface area (Å²) in [5, 5.41) is 0. The van der Waals surface area contributed by atoms with Crippen LogP contribution in [0.15, 0.2) is 23.1 Å². The van der Waals surface area contributed by atoms with Crippen LogP contribution in [0.2, 0.25) is 0 Å². The minimum Gasteiger partial charge on any atom is -0.547 e. The van der Waals surface area contributed by atoms with Crippen molar-refractivity contribution in [2.75, 3.05) is 21.3 Å². The zero-order chi connectivity index (χ0) is 11.5. The molecule has 5 nitrogen and oxygen atoms in total. The smallest absolute Gasteiger partial charge is 0.136 e. The van der Waals surface area contributed by atoms with Crippen molar-refractivity contribution in [3.8, 4) is 11.5 Å². The van der Waals surface area contributed by atoms with Crippen LogP contribution in [-0.4, -0.2) is 29.7 Å². The fraction of sp³-hybridized carbons (Fsp3) is 0.300. The summed E-state index contributed by atoms with van der Waals surface area (Å²) in [5.41, 5.74) is 0. The molecule has 0 fully saturated rings. The van der Waals surface area contributed by atoms with E-state index in [-0.39, 0.29) is 50.8 Å². The standard InChI is InChI=1S/C9H12NO4S.CH3.Y/c1-10-15(11,12)9-6-7(13-2)4-5-8(9)14-3;;/h4-6H,1-3H3;1H3;/q2*-1;. The second kappa shape index (κ2) is 8.03. The predicted molar refractivity (Wildman–Crippen MR) is 62.4 cm³/mol. The van der Waals surface area contributed by atoms with Crippen molar-refractivity contribution in [3.05, 3.63) is 30.3 Å². The Morgan fingerprint density at radius 1 is 1.18 bits per heavy atom. The van der Waals surface area contributed by atoms with E-state index in [1.807, 2.05) is 0 Å². The molecule has 0 bridgehead atoms. The molecular formula is C10H15NO4SY-2. The fourth-order valence-electron chi connectivity index (χ4n) is 1.08. The third-order valence-electron chi connectivity index (χ3n) is 1.89. The minimum atomic E-state index is -3.65. The third-order valence-corrected chi connectivity index (χ3v) is 3.24. The van der Waals surface area contributed by atoms with Gasteiger partial charge in [-0.2, -0.15) is 7.05 Å². The van der Waals surface area contributed by atoms with Gasteiger partial charge in [-0.05, 0) is 12.1 Å². The molecule has 0 saturated carbocycles. The molecule has 0 spiro atoms. The van der Waals surface area contributed by atoms with Crippen LogP contribution in [0.1, 0.15) is 0 Å². The predicted octanol–water partition coefficient (Wildman–Crippen LogP) is 1.84. The van der Waals surface area contributed by atoms with Gasteiger partial charge in [0.15, 0.2) is 0 Å². The molecule has 1 aromatic rings. The molecule has 0 aliphatic heterocycles. The molecule has 17 heavy (non-hydrogen) atoms. The van der Waals surface area contributed by atoms with Crippen LogP contribution in [0.5, 0.6) is 11.5 Å². The molecule has 7 heteroatoms. The summed E-state index contributed by atoms with van der Waals surface area (Å²) >= 11 is 0. The van der Waals surface area contributed by atoms with Crippen molar-refractivity contribution in [2.24, 2.45) is 0 Å². The van der Waals surface area contributed by atoms with Gasteiger partial charge in [0.2, 0.25) is 0 Å². The topological polar surface area (TPSA) is 66.7 Å². The van der Waals surface area contributed by atoms with Crippen LogP contribution < -0.4 is 9.47 Å². The van der Waals surface area contributed by atoms with Crippen LogP contribution in [0.4, 0.5) is 0 Å². The second-order valence-electron chi connectivity index (χ2n) is 2.67. The summed E-state index contributed by atoms with van der Waals surface area (Å²) in [6, 6.07) is 4.52. The first-order chi connectivity index (χ1) is 7.05. The molecule has 0 N–H and O–H groups in total. The average Bonchev–Trinajstić information content (AvgIpc) is 2.28. The Balaban J connectivity index is 0. The van der Waals surface area contributed by atoms with Crippen molar-refractivity contribution in [1.29, 1.82) is 0 Å². The molecule has 0 saturated heterocycles. The van der Waals surface area contributed by atoms with Crippen LogP contribution in [0.3, 0.4) is 0 Å². The molecule has 1 rings (SSSR count). The molecule has 0 aliphatic rings. The maximum Gasteiger partial charge on any atom is 0.136 e. The van der Waals surface area contributed by atoms with E-state index >= 15 is 0 Å². The Labute approximate surface area is 128 Å². The Hall–Kier alpha value is -0.166. The average molecular weight is 334 g/mol. The number of hydrogen-bond donors (Lipinski definition) is 0. The largest absolute Gasteiger partial charge is 0.547 e. The van der Waals surface area contributed by atoms with Crippen molar-refractivity contribution in [3.63, 3.8) is 0 Å². The van der Waals surface area contributed by atoms with Crippen molar-refractivity contribution < 1.29 is 50.6 Å². The number of benzene rings is 1. The Morgan fingerprint density at radius 2 is 1.76 bits per heavy atom. The minimum absolute atomic E-state index is 0. The van der Waals surface area contributed by atoms with E-state index in [0.29, 0.717) is 5.75 Å². The number of rotatable bonds is 4. The quantitative estimate of drug-likeness (QED) is 0.788. The molecule has 0 amide bonds. The van der Waals surface area contributed by atoms with E-state index in [0.717, 1.165) is 0 Å². The van der Waals surface area contributed by atoms with Gasteiger partial charge in [-0.25, -0.2) is 8.42 Å². The third kappa shape index (κ3) is 4.54. The Morgan fingerprint density at radius 3 is 2.18 bits per heavy atom. The first kappa shape index (κ1) is 19.2. The van der Waals surface area contributed by atoms with Crippen LogP contribution in [0.25, 0.3) is 4.72 Å². The summed E-state index contributed by atoms with van der Waals surface area (Å²) in [5.74, 6) is 0.694. The summed E-state index contributed by atoms with van der Waals surface area (Å²) in [6.45, 7) is 0. The molecule has 0 aliphatic carbocycles. The van der Waals surface area contributed by atoms with E-state index in [4.69, 9.17) is 9.47 Å². The molecule has 1 radical (unpaired) electrons.